The largest absolute Gasteiger partial charge is 0.462 e. The number of allylic oxidation sites excluding steroid dienone is 18. The lowest BCUT2D eigenvalue weighted by molar-refractivity contribution is -0.167. The zero-order chi connectivity index (χ0) is 58.5. The number of carbonyl (C=O) groups excluding carboxylic acids is 3. The van der Waals surface area contributed by atoms with Crippen molar-refractivity contribution in [2.24, 2.45) is 0 Å². The molecule has 6 nitrogen and oxygen atoms in total. The molecule has 1 atom stereocenters. The first-order valence-corrected chi connectivity index (χ1v) is 34.4. The number of hydrogen-bond donors (Lipinski definition) is 0. The lowest BCUT2D eigenvalue weighted by Crippen LogP contribution is -2.30. The van der Waals surface area contributed by atoms with Crippen molar-refractivity contribution >= 4 is 17.9 Å². The zero-order valence-electron chi connectivity index (χ0n) is 53.3. The van der Waals surface area contributed by atoms with Gasteiger partial charge in [0.2, 0.25) is 0 Å². The Bertz CT molecular complexity index is 1620. The second kappa shape index (κ2) is 68.6. The highest BCUT2D eigenvalue weighted by Crippen LogP contribution is 2.16. The van der Waals surface area contributed by atoms with E-state index in [1.165, 1.54) is 180 Å². The monoisotopic (exact) mass is 1120 g/mol. The van der Waals surface area contributed by atoms with Crippen LogP contribution in [0.15, 0.2) is 109 Å². The number of hydrogen-bond acceptors (Lipinski definition) is 6. The molecule has 0 radical (unpaired) electrons. The predicted molar refractivity (Wildman–Crippen MR) is 353 cm³/mol. The summed E-state index contributed by atoms with van der Waals surface area (Å²) in [5, 5.41) is 0. The lowest BCUT2D eigenvalue weighted by Gasteiger charge is -2.18. The first-order chi connectivity index (χ1) is 40.0. The smallest absolute Gasteiger partial charge is 0.306 e. The second-order valence-corrected chi connectivity index (χ2v) is 22.7. The molecular weight excluding hydrogens is 997 g/mol. The maximum Gasteiger partial charge on any atom is 0.306 e. The molecule has 464 valence electrons. The van der Waals surface area contributed by atoms with Gasteiger partial charge in [0.25, 0.3) is 0 Å². The van der Waals surface area contributed by atoms with Crippen molar-refractivity contribution in [3.63, 3.8) is 0 Å². The fraction of sp³-hybridized carbons (Fsp3) is 0.720. The van der Waals surface area contributed by atoms with E-state index in [-0.39, 0.29) is 31.1 Å². The van der Waals surface area contributed by atoms with E-state index in [4.69, 9.17) is 14.2 Å². The van der Waals surface area contributed by atoms with Crippen molar-refractivity contribution in [1.29, 1.82) is 0 Å². The lowest BCUT2D eigenvalue weighted by atomic mass is 10.1. The summed E-state index contributed by atoms with van der Waals surface area (Å²) in [6.07, 6.45) is 93.8. The minimum atomic E-state index is -0.790. The van der Waals surface area contributed by atoms with Gasteiger partial charge in [-0.15, -0.1) is 0 Å². The van der Waals surface area contributed by atoms with E-state index >= 15 is 0 Å². The molecule has 0 spiro atoms. The molecule has 1 unspecified atom stereocenters. The van der Waals surface area contributed by atoms with Crippen LogP contribution in [-0.2, 0) is 28.6 Å². The molecule has 81 heavy (non-hydrogen) atoms. The first-order valence-electron chi connectivity index (χ1n) is 34.4. The average molecular weight is 1130 g/mol. The Morgan fingerprint density at radius 2 is 0.481 bits per heavy atom. The molecule has 0 aliphatic heterocycles. The summed E-state index contributed by atoms with van der Waals surface area (Å²) < 4.78 is 17.0. The summed E-state index contributed by atoms with van der Waals surface area (Å²) in [5.41, 5.74) is 0. The summed E-state index contributed by atoms with van der Waals surface area (Å²) in [6.45, 7) is 6.53. The molecule has 6 heteroatoms. The average Bonchev–Trinajstić information content (AvgIpc) is 3.47. The second-order valence-electron chi connectivity index (χ2n) is 22.7. The van der Waals surface area contributed by atoms with Crippen molar-refractivity contribution in [1.82, 2.24) is 0 Å². The quantitative estimate of drug-likeness (QED) is 0.0261. The highest BCUT2D eigenvalue weighted by atomic mass is 16.6. The fourth-order valence-corrected chi connectivity index (χ4v) is 9.59. The van der Waals surface area contributed by atoms with E-state index in [0.29, 0.717) is 19.3 Å². The molecule has 0 heterocycles. The molecular formula is C75H128O6. The third kappa shape index (κ3) is 66.8. The first kappa shape index (κ1) is 77.1. The number of carbonyl (C=O) groups is 3. The molecule has 0 aromatic heterocycles. The predicted octanol–water partition coefficient (Wildman–Crippen LogP) is 23.8. The fourth-order valence-electron chi connectivity index (χ4n) is 9.59. The highest BCUT2D eigenvalue weighted by molar-refractivity contribution is 5.71. The van der Waals surface area contributed by atoms with Crippen LogP contribution in [0.3, 0.4) is 0 Å². The van der Waals surface area contributed by atoms with Gasteiger partial charge in [-0.25, -0.2) is 0 Å². The number of esters is 3. The van der Waals surface area contributed by atoms with Crippen molar-refractivity contribution in [2.45, 2.75) is 335 Å². The SMILES string of the molecule is CC/C=C\C/C=C\C/C=C\C/C=C\C/C=C\C/C=C\C/C=C\CCCCCCCCCC(=O)OCC(COC(=O)CCCCCCCCC/C=C\CCCCCCCC)OC(=O)CCCCCCCCC/C=C\CCCCCCCC. The van der Waals surface area contributed by atoms with Gasteiger partial charge in [-0.3, -0.25) is 14.4 Å². The van der Waals surface area contributed by atoms with E-state index in [2.05, 4.69) is 130 Å². The standard InChI is InChI=1S/C75H128O6/c1-4-7-10-13-16-19-22-25-28-31-32-33-34-35-36-37-38-39-40-41-42-45-47-50-53-56-59-62-65-68-74(77)80-71-72(81-75(78)69-66-63-60-57-54-51-48-44-30-27-24-21-18-15-12-9-6-3)70-79-73(76)67-64-61-58-55-52-49-46-43-29-26-23-20-17-14-11-8-5-2/h7,10,16,19,25-30,32-33,35-36,38-39,41-42,72H,4-6,8-9,11-15,17-18,20-24,31,34,37,40,43-71H2,1-3H3/b10-7-,19-16-,28-25-,29-26-,30-27-,33-32-,36-35-,39-38-,42-41-. The Kier molecular flexibility index (Phi) is 65.2. The van der Waals surface area contributed by atoms with E-state index in [1.807, 2.05) is 0 Å². The molecule has 0 saturated heterocycles. The van der Waals surface area contributed by atoms with Gasteiger partial charge in [-0.1, -0.05) is 291 Å². The molecule has 0 aromatic rings. The van der Waals surface area contributed by atoms with Crippen molar-refractivity contribution in [2.75, 3.05) is 13.2 Å². The normalized spacial score (nSPS) is 12.8. The van der Waals surface area contributed by atoms with Crippen LogP contribution < -0.4 is 0 Å². The van der Waals surface area contributed by atoms with Crippen LogP contribution in [-0.4, -0.2) is 37.2 Å². The van der Waals surface area contributed by atoms with Crippen molar-refractivity contribution in [3.8, 4) is 0 Å². The third-order valence-corrected chi connectivity index (χ3v) is 14.7. The van der Waals surface area contributed by atoms with Crippen LogP contribution in [0.25, 0.3) is 0 Å². The van der Waals surface area contributed by atoms with Crippen LogP contribution in [0.4, 0.5) is 0 Å². The van der Waals surface area contributed by atoms with Crippen LogP contribution in [0.5, 0.6) is 0 Å². The van der Waals surface area contributed by atoms with Gasteiger partial charge in [-0.2, -0.15) is 0 Å². The van der Waals surface area contributed by atoms with Gasteiger partial charge in [0.1, 0.15) is 13.2 Å². The van der Waals surface area contributed by atoms with E-state index in [1.54, 1.807) is 0 Å². The molecule has 0 aromatic carbocycles. The third-order valence-electron chi connectivity index (χ3n) is 14.7. The van der Waals surface area contributed by atoms with E-state index in [9.17, 15) is 14.4 Å². The topological polar surface area (TPSA) is 78.9 Å². The Labute approximate surface area is 501 Å². The molecule has 0 aliphatic carbocycles. The number of rotatable bonds is 62. The van der Waals surface area contributed by atoms with Crippen LogP contribution >= 0.6 is 0 Å². The molecule has 0 N–H and O–H groups in total. The molecule has 0 saturated carbocycles. The van der Waals surface area contributed by atoms with Gasteiger partial charge in [0, 0.05) is 19.3 Å². The minimum Gasteiger partial charge on any atom is -0.462 e. The van der Waals surface area contributed by atoms with E-state index < -0.39 is 6.10 Å². The molecule has 0 bridgehead atoms. The summed E-state index contributed by atoms with van der Waals surface area (Å²) in [6, 6.07) is 0. The molecule has 0 aliphatic rings. The zero-order valence-corrected chi connectivity index (χ0v) is 53.3. The van der Waals surface area contributed by atoms with Crippen LogP contribution in [0.1, 0.15) is 329 Å². The Morgan fingerprint density at radius 3 is 0.765 bits per heavy atom. The van der Waals surface area contributed by atoms with Crippen molar-refractivity contribution in [3.05, 3.63) is 109 Å². The van der Waals surface area contributed by atoms with Gasteiger partial charge in [0.05, 0.1) is 0 Å². The number of ether oxygens (including phenoxy) is 3. The maximum absolute atomic E-state index is 12.9. The van der Waals surface area contributed by atoms with Crippen LogP contribution in [0, 0.1) is 0 Å². The van der Waals surface area contributed by atoms with E-state index in [0.717, 1.165) is 109 Å². The van der Waals surface area contributed by atoms with Crippen molar-refractivity contribution < 1.29 is 28.6 Å². The number of unbranched alkanes of at least 4 members (excludes halogenated alkanes) is 33. The summed E-state index contributed by atoms with van der Waals surface area (Å²) in [5.74, 6) is -0.893. The van der Waals surface area contributed by atoms with Crippen LogP contribution in [0.2, 0.25) is 0 Å². The maximum atomic E-state index is 12.9. The Hall–Kier alpha value is -3.93. The Morgan fingerprint density at radius 1 is 0.259 bits per heavy atom. The van der Waals surface area contributed by atoms with Gasteiger partial charge < -0.3 is 14.2 Å². The highest BCUT2D eigenvalue weighted by Gasteiger charge is 2.19. The molecule has 0 rings (SSSR count). The Balaban J connectivity index is 4.37. The summed E-state index contributed by atoms with van der Waals surface area (Å²) in [4.78, 5) is 38.4. The minimum absolute atomic E-state index is 0.0846. The summed E-state index contributed by atoms with van der Waals surface area (Å²) in [7, 11) is 0. The molecule has 0 amide bonds. The van der Waals surface area contributed by atoms with Gasteiger partial charge in [0.15, 0.2) is 6.10 Å². The molecule has 0 fully saturated rings. The van der Waals surface area contributed by atoms with Gasteiger partial charge >= 0.3 is 17.9 Å². The summed E-state index contributed by atoms with van der Waals surface area (Å²) >= 11 is 0. The van der Waals surface area contributed by atoms with Gasteiger partial charge in [-0.05, 0) is 128 Å².